The van der Waals surface area contributed by atoms with Crippen molar-refractivity contribution in [1.29, 1.82) is 0 Å². The van der Waals surface area contributed by atoms with E-state index in [9.17, 15) is 13.6 Å². The normalized spacial score (nSPS) is 23.7. The van der Waals surface area contributed by atoms with Crippen molar-refractivity contribution in [3.05, 3.63) is 29.6 Å². The molecule has 0 unspecified atom stereocenters. The second kappa shape index (κ2) is 4.13. The zero-order chi connectivity index (χ0) is 11.7. The number of hydrogen-bond acceptors (Lipinski definition) is 3. The van der Waals surface area contributed by atoms with Gasteiger partial charge < -0.3 is 10.4 Å². The van der Waals surface area contributed by atoms with Crippen molar-refractivity contribution in [3.63, 3.8) is 0 Å². The first-order valence-electron chi connectivity index (χ1n) is 4.87. The molecule has 16 heavy (non-hydrogen) atoms. The summed E-state index contributed by atoms with van der Waals surface area (Å²) in [5.41, 5.74) is -0.367. The fraction of sp³-hybridized carbons (Fsp3) is 0.400. The van der Waals surface area contributed by atoms with Gasteiger partial charge in [0.05, 0.1) is 11.7 Å². The third-order valence-corrected chi connectivity index (χ3v) is 2.54. The van der Waals surface area contributed by atoms with Crippen molar-refractivity contribution in [3.8, 4) is 0 Å². The van der Waals surface area contributed by atoms with E-state index in [0.29, 0.717) is 12.8 Å². The molecule has 0 aliphatic heterocycles. The van der Waals surface area contributed by atoms with Crippen LogP contribution in [0.1, 0.15) is 23.2 Å². The number of hydrogen-bond donors (Lipinski definition) is 2. The summed E-state index contributed by atoms with van der Waals surface area (Å²) in [7, 11) is 0. The van der Waals surface area contributed by atoms with Crippen LogP contribution in [0.2, 0.25) is 0 Å². The van der Waals surface area contributed by atoms with Crippen LogP contribution in [-0.4, -0.2) is 28.1 Å². The zero-order valence-electron chi connectivity index (χ0n) is 8.28. The molecule has 2 N–H and O–H groups in total. The third-order valence-electron chi connectivity index (χ3n) is 2.54. The Labute approximate surface area is 90.3 Å². The summed E-state index contributed by atoms with van der Waals surface area (Å²) in [5, 5.41) is 11.5. The van der Waals surface area contributed by atoms with Crippen LogP contribution in [0.4, 0.5) is 8.78 Å². The van der Waals surface area contributed by atoms with Crippen LogP contribution in [0.3, 0.4) is 0 Å². The maximum Gasteiger partial charge on any atom is 0.254 e. The lowest BCUT2D eigenvalue weighted by Crippen LogP contribution is -2.46. The van der Waals surface area contributed by atoms with Gasteiger partial charge in [0.2, 0.25) is 5.95 Å². The molecule has 1 amide bonds. The number of nitrogens with one attached hydrogen (secondary N) is 1. The molecule has 4 nitrogen and oxygen atoms in total. The average Bonchev–Trinajstić information content (AvgIpc) is 2.19. The third kappa shape index (κ3) is 2.01. The monoisotopic (exact) mass is 228 g/mol. The van der Waals surface area contributed by atoms with Gasteiger partial charge in [0.15, 0.2) is 5.82 Å². The molecule has 6 heteroatoms. The van der Waals surface area contributed by atoms with Crippen LogP contribution in [0, 0.1) is 11.8 Å². The van der Waals surface area contributed by atoms with Gasteiger partial charge in [0, 0.05) is 12.2 Å². The highest BCUT2D eigenvalue weighted by Crippen LogP contribution is 2.20. The first-order valence-corrected chi connectivity index (χ1v) is 4.87. The van der Waals surface area contributed by atoms with Gasteiger partial charge in [-0.25, -0.2) is 9.37 Å². The molecule has 1 aliphatic carbocycles. The molecule has 0 atom stereocenters. The molecular weight excluding hydrogens is 218 g/mol. The van der Waals surface area contributed by atoms with Crippen molar-refractivity contribution >= 4 is 5.91 Å². The summed E-state index contributed by atoms with van der Waals surface area (Å²) < 4.78 is 25.9. The highest BCUT2D eigenvalue weighted by atomic mass is 19.2. The van der Waals surface area contributed by atoms with Crippen LogP contribution >= 0.6 is 0 Å². The lowest BCUT2D eigenvalue weighted by molar-refractivity contribution is 0.0560. The Kier molecular flexibility index (Phi) is 2.82. The molecular formula is C10H10F2N2O2. The van der Waals surface area contributed by atoms with E-state index in [1.165, 1.54) is 0 Å². The molecule has 1 aromatic heterocycles. The standard InChI is InChI=1S/C10H10F2N2O2/c11-8-7(1-2-13-9(8)12)10(16)14-5-3-6(15)4-5/h1-2,5-6,15H,3-4H2,(H,14,16). The Bertz CT molecular complexity index is 419. The molecule has 1 aromatic rings. The molecule has 1 heterocycles. The number of pyridine rings is 1. The van der Waals surface area contributed by atoms with Crippen molar-refractivity contribution < 1.29 is 18.7 Å². The molecule has 0 radical (unpaired) electrons. The first-order chi connectivity index (χ1) is 7.58. The number of amides is 1. The first kappa shape index (κ1) is 10.9. The summed E-state index contributed by atoms with van der Waals surface area (Å²) in [6.07, 6.45) is 1.51. The van der Waals surface area contributed by atoms with Gasteiger partial charge in [-0.1, -0.05) is 0 Å². The van der Waals surface area contributed by atoms with Crippen LogP contribution in [0.5, 0.6) is 0 Å². The molecule has 0 spiro atoms. The van der Waals surface area contributed by atoms with Crippen molar-refractivity contribution in [2.24, 2.45) is 0 Å². The van der Waals surface area contributed by atoms with E-state index < -0.39 is 23.8 Å². The summed E-state index contributed by atoms with van der Waals surface area (Å²) in [5.74, 6) is -3.23. The molecule has 1 aliphatic rings. The Morgan fingerprint density at radius 1 is 1.50 bits per heavy atom. The minimum Gasteiger partial charge on any atom is -0.393 e. The summed E-state index contributed by atoms with van der Waals surface area (Å²) in [4.78, 5) is 14.6. The Hall–Kier alpha value is -1.56. The molecule has 0 saturated heterocycles. The number of halogens is 2. The number of nitrogens with zero attached hydrogens (tertiary/aromatic N) is 1. The van der Waals surface area contributed by atoms with Gasteiger partial charge in [0.1, 0.15) is 0 Å². The highest BCUT2D eigenvalue weighted by Gasteiger charge is 2.29. The Morgan fingerprint density at radius 2 is 2.19 bits per heavy atom. The number of aliphatic hydroxyl groups excluding tert-OH is 1. The van der Waals surface area contributed by atoms with E-state index in [1.54, 1.807) is 0 Å². The van der Waals surface area contributed by atoms with E-state index >= 15 is 0 Å². The fourth-order valence-electron chi connectivity index (χ4n) is 1.56. The maximum atomic E-state index is 13.2. The fourth-order valence-corrected chi connectivity index (χ4v) is 1.56. The van der Waals surface area contributed by atoms with Crippen LogP contribution in [-0.2, 0) is 0 Å². The largest absolute Gasteiger partial charge is 0.393 e. The minimum atomic E-state index is -1.29. The Morgan fingerprint density at radius 3 is 2.81 bits per heavy atom. The van der Waals surface area contributed by atoms with Gasteiger partial charge >= 0.3 is 0 Å². The summed E-state index contributed by atoms with van der Waals surface area (Å²) in [6, 6.07) is 0.946. The predicted molar refractivity (Wildman–Crippen MR) is 50.6 cm³/mol. The van der Waals surface area contributed by atoms with Gasteiger partial charge in [-0.15, -0.1) is 0 Å². The highest BCUT2D eigenvalue weighted by molar-refractivity contribution is 5.94. The topological polar surface area (TPSA) is 62.2 Å². The van der Waals surface area contributed by atoms with E-state index in [0.717, 1.165) is 12.3 Å². The molecule has 1 saturated carbocycles. The van der Waals surface area contributed by atoms with Crippen molar-refractivity contribution in [2.45, 2.75) is 25.0 Å². The average molecular weight is 228 g/mol. The lowest BCUT2D eigenvalue weighted by Gasteiger charge is -2.31. The molecule has 86 valence electrons. The quantitative estimate of drug-likeness (QED) is 0.729. The number of aliphatic hydroxyl groups is 1. The summed E-state index contributed by atoms with van der Waals surface area (Å²) in [6.45, 7) is 0. The van der Waals surface area contributed by atoms with Crippen LogP contribution in [0.15, 0.2) is 12.3 Å². The van der Waals surface area contributed by atoms with Gasteiger partial charge in [-0.05, 0) is 18.9 Å². The van der Waals surface area contributed by atoms with Crippen LogP contribution < -0.4 is 5.32 Å². The summed E-state index contributed by atoms with van der Waals surface area (Å²) >= 11 is 0. The molecule has 0 aromatic carbocycles. The SMILES string of the molecule is O=C(NC1CC(O)C1)c1ccnc(F)c1F. The predicted octanol–water partition coefficient (Wildman–Crippen LogP) is 0.613. The van der Waals surface area contributed by atoms with Gasteiger partial charge in [-0.2, -0.15) is 4.39 Å². The second-order valence-corrected chi connectivity index (χ2v) is 3.76. The van der Waals surface area contributed by atoms with Crippen LogP contribution in [0.25, 0.3) is 0 Å². The lowest BCUT2D eigenvalue weighted by atomic mass is 9.89. The molecule has 1 fully saturated rings. The number of aromatic nitrogens is 1. The van der Waals surface area contributed by atoms with Gasteiger partial charge in [0.25, 0.3) is 5.91 Å². The minimum absolute atomic E-state index is 0.168. The van der Waals surface area contributed by atoms with Crippen molar-refractivity contribution in [1.82, 2.24) is 10.3 Å². The maximum absolute atomic E-state index is 13.2. The molecule has 0 bridgehead atoms. The van der Waals surface area contributed by atoms with E-state index in [1.807, 2.05) is 0 Å². The number of carbonyl (C=O) groups excluding carboxylic acids is 1. The Balaban J connectivity index is 2.06. The van der Waals surface area contributed by atoms with E-state index in [4.69, 9.17) is 5.11 Å². The van der Waals surface area contributed by atoms with Crippen molar-refractivity contribution in [2.75, 3.05) is 0 Å². The number of carbonyl (C=O) groups is 1. The second-order valence-electron chi connectivity index (χ2n) is 3.76. The van der Waals surface area contributed by atoms with E-state index in [2.05, 4.69) is 10.3 Å². The van der Waals surface area contributed by atoms with Gasteiger partial charge in [-0.3, -0.25) is 4.79 Å². The number of rotatable bonds is 2. The zero-order valence-corrected chi connectivity index (χ0v) is 8.28. The van der Waals surface area contributed by atoms with E-state index in [-0.39, 0.29) is 11.6 Å². The molecule has 2 rings (SSSR count). The smallest absolute Gasteiger partial charge is 0.254 e.